The molecule has 1 atom stereocenters. The minimum atomic E-state index is -0.0133. The van der Waals surface area contributed by atoms with Crippen molar-refractivity contribution in [1.29, 1.82) is 0 Å². The molecular weight excluding hydrogens is 267 g/mol. The van der Waals surface area contributed by atoms with Crippen LogP contribution in [0.25, 0.3) is 0 Å². The van der Waals surface area contributed by atoms with Crippen molar-refractivity contribution in [2.24, 2.45) is 0 Å². The number of carbonyl (C=O) groups is 1. The molecule has 0 saturated carbocycles. The Morgan fingerprint density at radius 3 is 2.94 bits per heavy atom. The van der Waals surface area contributed by atoms with E-state index in [-0.39, 0.29) is 24.4 Å². The zero-order valence-corrected chi connectivity index (χ0v) is 11.1. The summed E-state index contributed by atoms with van der Waals surface area (Å²) in [6, 6.07) is 3.77. The van der Waals surface area contributed by atoms with Gasteiger partial charge in [0, 0.05) is 12.6 Å². The lowest BCUT2D eigenvalue weighted by atomic mass is 10.1. The van der Waals surface area contributed by atoms with Gasteiger partial charge in [-0.15, -0.1) is 23.7 Å². The molecule has 0 radical (unpaired) electrons. The van der Waals surface area contributed by atoms with Crippen molar-refractivity contribution < 1.29 is 4.79 Å². The summed E-state index contributed by atoms with van der Waals surface area (Å²) in [6.07, 6.45) is 2.17. The van der Waals surface area contributed by atoms with E-state index in [0.29, 0.717) is 9.21 Å². The number of piperidine rings is 1. The van der Waals surface area contributed by atoms with E-state index in [1.54, 1.807) is 12.1 Å². The fourth-order valence-electron chi connectivity index (χ4n) is 1.67. The van der Waals surface area contributed by atoms with Crippen molar-refractivity contribution in [3.8, 4) is 0 Å². The normalized spacial score (nSPS) is 19.9. The summed E-state index contributed by atoms with van der Waals surface area (Å²) in [4.78, 5) is 12.4. The van der Waals surface area contributed by atoms with Crippen molar-refractivity contribution in [1.82, 2.24) is 10.6 Å². The fraction of sp³-hybridized carbons (Fsp3) is 0.500. The first-order valence-electron chi connectivity index (χ1n) is 5.02. The second-order valence-electron chi connectivity index (χ2n) is 3.62. The van der Waals surface area contributed by atoms with Gasteiger partial charge in [0.25, 0.3) is 5.91 Å². The van der Waals surface area contributed by atoms with Crippen LogP contribution in [0, 0.1) is 0 Å². The molecule has 0 aromatic carbocycles. The SMILES string of the molecule is Cl.O=C(N[C@@H]1CCCNC1)c1ccc(Cl)s1. The standard InChI is InChI=1S/C10H13ClN2OS.ClH/c11-9-4-3-8(15-9)10(14)13-7-2-1-5-12-6-7;/h3-4,7,12H,1-2,5-6H2,(H,13,14);1H/t7-;/m1./s1. The van der Waals surface area contributed by atoms with E-state index in [0.717, 1.165) is 25.9 Å². The lowest BCUT2D eigenvalue weighted by molar-refractivity contribution is 0.0935. The van der Waals surface area contributed by atoms with Gasteiger partial charge in [-0.3, -0.25) is 4.79 Å². The van der Waals surface area contributed by atoms with Crippen LogP contribution in [0.5, 0.6) is 0 Å². The first kappa shape index (κ1) is 13.8. The van der Waals surface area contributed by atoms with Crippen LogP contribution in [0.3, 0.4) is 0 Å². The topological polar surface area (TPSA) is 41.1 Å². The maximum absolute atomic E-state index is 11.7. The zero-order chi connectivity index (χ0) is 10.7. The summed E-state index contributed by atoms with van der Waals surface area (Å²) in [6.45, 7) is 1.92. The van der Waals surface area contributed by atoms with Crippen molar-refractivity contribution in [2.75, 3.05) is 13.1 Å². The molecule has 16 heavy (non-hydrogen) atoms. The molecule has 1 aliphatic rings. The Morgan fingerprint density at radius 2 is 2.38 bits per heavy atom. The number of hydrogen-bond acceptors (Lipinski definition) is 3. The molecule has 2 rings (SSSR count). The number of thiophene rings is 1. The smallest absolute Gasteiger partial charge is 0.261 e. The number of nitrogens with one attached hydrogen (secondary N) is 2. The molecule has 2 heterocycles. The number of halogens is 2. The van der Waals surface area contributed by atoms with E-state index in [9.17, 15) is 4.79 Å². The molecule has 0 bridgehead atoms. The molecule has 1 saturated heterocycles. The molecule has 0 aliphatic carbocycles. The van der Waals surface area contributed by atoms with E-state index < -0.39 is 0 Å². The third kappa shape index (κ3) is 3.63. The predicted molar refractivity (Wildman–Crippen MR) is 69.9 cm³/mol. The maximum atomic E-state index is 11.7. The molecule has 1 amide bonds. The number of carbonyl (C=O) groups excluding carboxylic acids is 1. The molecule has 6 heteroatoms. The van der Waals surface area contributed by atoms with Gasteiger partial charge in [0.05, 0.1) is 9.21 Å². The quantitative estimate of drug-likeness (QED) is 0.873. The van der Waals surface area contributed by atoms with E-state index in [1.807, 2.05) is 0 Å². The fourth-order valence-corrected chi connectivity index (χ4v) is 2.61. The van der Waals surface area contributed by atoms with Gasteiger partial charge in [0.2, 0.25) is 0 Å². The van der Waals surface area contributed by atoms with Gasteiger partial charge in [0.15, 0.2) is 0 Å². The van der Waals surface area contributed by atoms with Crippen LogP contribution in [0.4, 0.5) is 0 Å². The highest BCUT2D eigenvalue weighted by Gasteiger charge is 2.17. The Kier molecular flexibility index (Phi) is 5.55. The lowest BCUT2D eigenvalue weighted by Crippen LogP contribution is -2.45. The van der Waals surface area contributed by atoms with Crippen LogP contribution in [-0.2, 0) is 0 Å². The third-order valence-corrected chi connectivity index (χ3v) is 3.66. The van der Waals surface area contributed by atoms with Crippen molar-refractivity contribution in [3.63, 3.8) is 0 Å². The molecular formula is C10H14Cl2N2OS. The van der Waals surface area contributed by atoms with Crippen molar-refractivity contribution in [3.05, 3.63) is 21.3 Å². The predicted octanol–water partition coefficient (Wildman–Crippen LogP) is 2.31. The highest BCUT2D eigenvalue weighted by molar-refractivity contribution is 7.17. The van der Waals surface area contributed by atoms with Crippen LogP contribution in [-0.4, -0.2) is 25.0 Å². The Balaban J connectivity index is 0.00000128. The van der Waals surface area contributed by atoms with Crippen LogP contribution < -0.4 is 10.6 Å². The third-order valence-electron chi connectivity index (χ3n) is 2.43. The lowest BCUT2D eigenvalue weighted by Gasteiger charge is -2.23. The second kappa shape index (κ2) is 6.45. The van der Waals surface area contributed by atoms with Crippen LogP contribution in [0.15, 0.2) is 12.1 Å². The van der Waals surface area contributed by atoms with Gasteiger partial charge in [0.1, 0.15) is 0 Å². The van der Waals surface area contributed by atoms with E-state index in [4.69, 9.17) is 11.6 Å². The average Bonchev–Trinajstić information content (AvgIpc) is 2.66. The molecule has 90 valence electrons. The van der Waals surface area contributed by atoms with E-state index in [2.05, 4.69) is 10.6 Å². The summed E-state index contributed by atoms with van der Waals surface area (Å²) in [5.41, 5.74) is 0. The molecule has 2 N–H and O–H groups in total. The summed E-state index contributed by atoms with van der Waals surface area (Å²) in [5, 5.41) is 6.26. The highest BCUT2D eigenvalue weighted by atomic mass is 35.5. The van der Waals surface area contributed by atoms with Crippen LogP contribution in [0.1, 0.15) is 22.5 Å². The Labute approximate surface area is 110 Å². The Morgan fingerprint density at radius 1 is 1.56 bits per heavy atom. The van der Waals surface area contributed by atoms with E-state index >= 15 is 0 Å². The zero-order valence-electron chi connectivity index (χ0n) is 8.66. The van der Waals surface area contributed by atoms with Crippen LogP contribution >= 0.6 is 35.3 Å². The minimum absolute atomic E-state index is 0. The van der Waals surface area contributed by atoms with Crippen molar-refractivity contribution in [2.45, 2.75) is 18.9 Å². The molecule has 1 aromatic heterocycles. The number of hydrogen-bond donors (Lipinski definition) is 2. The highest BCUT2D eigenvalue weighted by Crippen LogP contribution is 2.21. The molecule has 0 spiro atoms. The first-order valence-corrected chi connectivity index (χ1v) is 6.22. The number of rotatable bonds is 2. The number of amides is 1. The summed E-state index contributed by atoms with van der Waals surface area (Å²) < 4.78 is 0.655. The molecule has 1 aromatic rings. The van der Waals surface area contributed by atoms with Gasteiger partial charge in [-0.05, 0) is 31.5 Å². The monoisotopic (exact) mass is 280 g/mol. The molecule has 1 aliphatic heterocycles. The largest absolute Gasteiger partial charge is 0.347 e. The van der Waals surface area contributed by atoms with Gasteiger partial charge in [-0.25, -0.2) is 0 Å². The first-order chi connectivity index (χ1) is 7.25. The summed E-state index contributed by atoms with van der Waals surface area (Å²) in [7, 11) is 0. The summed E-state index contributed by atoms with van der Waals surface area (Å²) >= 11 is 7.09. The van der Waals surface area contributed by atoms with E-state index in [1.165, 1.54) is 11.3 Å². The molecule has 3 nitrogen and oxygen atoms in total. The van der Waals surface area contributed by atoms with Gasteiger partial charge in [-0.1, -0.05) is 11.6 Å². The molecule has 1 fully saturated rings. The van der Waals surface area contributed by atoms with Gasteiger partial charge in [-0.2, -0.15) is 0 Å². The Bertz CT molecular complexity index is 350. The van der Waals surface area contributed by atoms with Gasteiger partial charge >= 0.3 is 0 Å². The summed E-state index contributed by atoms with van der Waals surface area (Å²) in [5.74, 6) is -0.0133. The Hall–Kier alpha value is -0.290. The molecule has 0 unspecified atom stereocenters. The maximum Gasteiger partial charge on any atom is 0.261 e. The van der Waals surface area contributed by atoms with Crippen molar-refractivity contribution >= 4 is 41.3 Å². The van der Waals surface area contributed by atoms with Crippen LogP contribution in [0.2, 0.25) is 4.34 Å². The average molecular weight is 281 g/mol. The van der Waals surface area contributed by atoms with Gasteiger partial charge < -0.3 is 10.6 Å². The second-order valence-corrected chi connectivity index (χ2v) is 5.34. The minimum Gasteiger partial charge on any atom is -0.347 e.